The van der Waals surface area contributed by atoms with Crippen molar-refractivity contribution in [2.75, 3.05) is 31.1 Å². The number of nitro groups is 1. The number of hydrogen-bond donors (Lipinski definition) is 0. The summed E-state index contributed by atoms with van der Waals surface area (Å²) in [5.41, 5.74) is 1.90. The molecule has 0 N–H and O–H groups in total. The highest BCUT2D eigenvalue weighted by molar-refractivity contribution is 5.94. The summed E-state index contributed by atoms with van der Waals surface area (Å²) in [5, 5.41) is 10.7. The molecular weight excluding hydrogens is 320 g/mol. The van der Waals surface area contributed by atoms with E-state index in [1.807, 2.05) is 34.1 Å². The van der Waals surface area contributed by atoms with E-state index in [9.17, 15) is 14.9 Å². The zero-order valence-corrected chi connectivity index (χ0v) is 14.1. The Kier molecular flexibility index (Phi) is 4.92. The second kappa shape index (κ2) is 7.29. The van der Waals surface area contributed by atoms with Gasteiger partial charge < -0.3 is 9.80 Å². The fourth-order valence-corrected chi connectivity index (χ4v) is 2.88. The quantitative estimate of drug-likeness (QED) is 0.631. The number of aromatic nitrogens is 1. The molecule has 1 amide bonds. The lowest BCUT2D eigenvalue weighted by Crippen LogP contribution is -2.49. The van der Waals surface area contributed by atoms with E-state index in [1.165, 1.54) is 17.8 Å². The van der Waals surface area contributed by atoms with Crippen LogP contribution in [0.15, 0.2) is 42.6 Å². The van der Waals surface area contributed by atoms with Gasteiger partial charge in [-0.3, -0.25) is 14.9 Å². The molecule has 1 aliphatic rings. The number of pyridine rings is 1. The number of hydrogen-bond acceptors (Lipinski definition) is 5. The van der Waals surface area contributed by atoms with Gasteiger partial charge in [0.05, 0.1) is 4.92 Å². The third kappa shape index (κ3) is 3.76. The van der Waals surface area contributed by atoms with Gasteiger partial charge in [0.25, 0.3) is 11.6 Å². The molecule has 7 nitrogen and oxygen atoms in total. The molecule has 0 aliphatic carbocycles. The van der Waals surface area contributed by atoms with Crippen molar-refractivity contribution >= 4 is 17.4 Å². The van der Waals surface area contributed by atoms with Gasteiger partial charge in [-0.15, -0.1) is 0 Å². The van der Waals surface area contributed by atoms with Gasteiger partial charge in [0.1, 0.15) is 12.0 Å². The largest absolute Gasteiger partial charge is 0.353 e. The van der Waals surface area contributed by atoms with E-state index < -0.39 is 4.92 Å². The number of amides is 1. The molecule has 1 aromatic heterocycles. The molecule has 25 heavy (non-hydrogen) atoms. The van der Waals surface area contributed by atoms with Crippen molar-refractivity contribution in [3.63, 3.8) is 0 Å². The van der Waals surface area contributed by atoms with Crippen molar-refractivity contribution in [3.05, 3.63) is 63.8 Å². The first-order valence-electron chi connectivity index (χ1n) is 8.32. The summed E-state index contributed by atoms with van der Waals surface area (Å²) in [7, 11) is 0. The van der Waals surface area contributed by atoms with Gasteiger partial charge in [0, 0.05) is 37.8 Å². The fraction of sp³-hybridized carbons (Fsp3) is 0.333. The molecule has 1 aliphatic heterocycles. The number of benzene rings is 1. The number of rotatable bonds is 4. The fourth-order valence-electron chi connectivity index (χ4n) is 2.88. The molecule has 2 heterocycles. The van der Waals surface area contributed by atoms with E-state index in [1.54, 1.807) is 6.07 Å². The first-order chi connectivity index (χ1) is 12.1. The lowest BCUT2D eigenvalue weighted by molar-refractivity contribution is -0.385. The summed E-state index contributed by atoms with van der Waals surface area (Å²) in [4.78, 5) is 30.8. The monoisotopic (exact) mass is 340 g/mol. The normalized spacial score (nSPS) is 14.4. The number of piperazine rings is 1. The van der Waals surface area contributed by atoms with Crippen LogP contribution in [0.1, 0.15) is 22.8 Å². The van der Waals surface area contributed by atoms with E-state index in [0.29, 0.717) is 37.6 Å². The van der Waals surface area contributed by atoms with E-state index >= 15 is 0 Å². The van der Waals surface area contributed by atoms with Crippen molar-refractivity contribution in [2.45, 2.75) is 13.3 Å². The molecule has 1 saturated heterocycles. The number of nitrogens with zero attached hydrogens (tertiary/aromatic N) is 4. The SMILES string of the molecule is CCc1ccc(C(=O)N2CCN(c3ccc([N+](=O)[O-])cn3)CC2)cc1. The predicted molar refractivity (Wildman–Crippen MR) is 94.8 cm³/mol. The van der Waals surface area contributed by atoms with Gasteiger partial charge in [-0.2, -0.15) is 0 Å². The van der Waals surface area contributed by atoms with Crippen LogP contribution < -0.4 is 4.90 Å². The van der Waals surface area contributed by atoms with Crippen LogP contribution in [0.5, 0.6) is 0 Å². The lowest BCUT2D eigenvalue weighted by Gasteiger charge is -2.35. The summed E-state index contributed by atoms with van der Waals surface area (Å²) in [6, 6.07) is 10.8. The van der Waals surface area contributed by atoms with Gasteiger partial charge >= 0.3 is 0 Å². The first-order valence-corrected chi connectivity index (χ1v) is 8.32. The second-order valence-electron chi connectivity index (χ2n) is 5.96. The second-order valence-corrected chi connectivity index (χ2v) is 5.96. The van der Waals surface area contributed by atoms with Gasteiger partial charge in [-0.05, 0) is 30.2 Å². The molecule has 0 atom stereocenters. The molecule has 0 spiro atoms. The highest BCUT2D eigenvalue weighted by Gasteiger charge is 2.23. The molecule has 130 valence electrons. The molecule has 1 aromatic carbocycles. The highest BCUT2D eigenvalue weighted by atomic mass is 16.6. The summed E-state index contributed by atoms with van der Waals surface area (Å²) in [5.74, 6) is 0.740. The van der Waals surface area contributed by atoms with Crippen molar-refractivity contribution in [1.82, 2.24) is 9.88 Å². The molecule has 7 heteroatoms. The summed E-state index contributed by atoms with van der Waals surface area (Å²) in [6.45, 7) is 4.61. The Balaban J connectivity index is 1.60. The molecule has 3 rings (SSSR count). The predicted octanol–water partition coefficient (Wildman–Crippen LogP) is 2.51. The van der Waals surface area contributed by atoms with Crippen molar-refractivity contribution in [3.8, 4) is 0 Å². The Morgan fingerprint density at radius 3 is 2.32 bits per heavy atom. The average molecular weight is 340 g/mol. The molecule has 2 aromatic rings. The Bertz CT molecular complexity index is 751. The smallest absolute Gasteiger partial charge is 0.287 e. The van der Waals surface area contributed by atoms with E-state index in [0.717, 1.165) is 6.42 Å². The molecule has 0 radical (unpaired) electrons. The van der Waals surface area contributed by atoms with Crippen molar-refractivity contribution < 1.29 is 9.72 Å². The lowest BCUT2D eigenvalue weighted by atomic mass is 10.1. The Labute approximate surface area is 146 Å². The Hall–Kier alpha value is -2.96. The van der Waals surface area contributed by atoms with Crippen molar-refractivity contribution in [2.24, 2.45) is 0 Å². The Morgan fingerprint density at radius 1 is 1.12 bits per heavy atom. The Morgan fingerprint density at radius 2 is 1.80 bits per heavy atom. The summed E-state index contributed by atoms with van der Waals surface area (Å²) < 4.78 is 0. The maximum atomic E-state index is 12.6. The summed E-state index contributed by atoms with van der Waals surface area (Å²) in [6.07, 6.45) is 2.22. The highest BCUT2D eigenvalue weighted by Crippen LogP contribution is 2.18. The van der Waals surface area contributed by atoms with Gasteiger partial charge in [0.2, 0.25) is 0 Å². The number of anilines is 1. The van der Waals surface area contributed by atoms with Crippen LogP contribution >= 0.6 is 0 Å². The third-order valence-electron chi connectivity index (χ3n) is 4.44. The average Bonchev–Trinajstić information content (AvgIpc) is 2.67. The molecule has 0 unspecified atom stereocenters. The number of carbonyl (C=O) groups is 1. The number of carbonyl (C=O) groups excluding carboxylic acids is 1. The number of aryl methyl sites for hydroxylation is 1. The van der Waals surface area contributed by atoms with E-state index in [4.69, 9.17) is 0 Å². The maximum Gasteiger partial charge on any atom is 0.287 e. The van der Waals surface area contributed by atoms with Crippen LogP contribution in [0.4, 0.5) is 11.5 Å². The van der Waals surface area contributed by atoms with E-state index in [-0.39, 0.29) is 11.6 Å². The molecular formula is C18H20N4O3. The van der Waals surface area contributed by atoms with Crippen molar-refractivity contribution in [1.29, 1.82) is 0 Å². The van der Waals surface area contributed by atoms with Crippen LogP contribution in [-0.4, -0.2) is 46.9 Å². The van der Waals surface area contributed by atoms with Gasteiger partial charge in [-0.25, -0.2) is 4.98 Å². The molecule has 1 fully saturated rings. The topological polar surface area (TPSA) is 79.6 Å². The van der Waals surface area contributed by atoms with Crippen LogP contribution in [0, 0.1) is 10.1 Å². The standard InChI is InChI=1S/C18H20N4O3/c1-2-14-3-5-15(6-4-14)18(23)21-11-9-20(10-12-21)17-8-7-16(13-19-17)22(24)25/h3-8,13H,2,9-12H2,1H3. The maximum absolute atomic E-state index is 12.6. The zero-order chi connectivity index (χ0) is 17.8. The van der Waals surface area contributed by atoms with Crippen LogP contribution in [-0.2, 0) is 6.42 Å². The van der Waals surface area contributed by atoms with E-state index in [2.05, 4.69) is 11.9 Å². The van der Waals surface area contributed by atoms with Gasteiger partial charge in [-0.1, -0.05) is 19.1 Å². The van der Waals surface area contributed by atoms with Crippen LogP contribution in [0.3, 0.4) is 0 Å². The molecule has 0 saturated carbocycles. The summed E-state index contributed by atoms with van der Waals surface area (Å²) >= 11 is 0. The van der Waals surface area contributed by atoms with Crippen LogP contribution in [0.25, 0.3) is 0 Å². The minimum atomic E-state index is -0.461. The third-order valence-corrected chi connectivity index (χ3v) is 4.44. The minimum absolute atomic E-state index is 0.0203. The molecule has 0 bridgehead atoms. The zero-order valence-electron chi connectivity index (χ0n) is 14.1. The van der Waals surface area contributed by atoms with Gasteiger partial charge in [0.15, 0.2) is 0 Å². The van der Waals surface area contributed by atoms with Crippen LogP contribution in [0.2, 0.25) is 0 Å². The first kappa shape index (κ1) is 16.9. The minimum Gasteiger partial charge on any atom is -0.353 e.